The largest absolute Gasteiger partial charge is 0.491 e. The summed E-state index contributed by atoms with van der Waals surface area (Å²) in [5.41, 5.74) is 1.19. The molecule has 0 aromatic heterocycles. The van der Waals surface area contributed by atoms with E-state index in [1.165, 1.54) is 5.56 Å². The number of nitrogens with zero attached hydrogens (tertiary/aromatic N) is 2. The molecule has 5 nitrogen and oxygen atoms in total. The molecule has 0 bridgehead atoms. The van der Waals surface area contributed by atoms with Crippen molar-refractivity contribution in [3.05, 3.63) is 29.8 Å². The van der Waals surface area contributed by atoms with Gasteiger partial charge in [0.05, 0.1) is 0 Å². The molecule has 2 aliphatic heterocycles. The average molecular weight is 346 g/mol. The van der Waals surface area contributed by atoms with Crippen LogP contribution in [0.3, 0.4) is 0 Å². The first-order chi connectivity index (χ1) is 12.0. The first kappa shape index (κ1) is 18.2. The molecular formula is C20H30N2O3. The fourth-order valence-electron chi connectivity index (χ4n) is 4.25. The topological polar surface area (TPSA) is 53.0 Å². The quantitative estimate of drug-likeness (QED) is 0.858. The summed E-state index contributed by atoms with van der Waals surface area (Å²) in [5, 5.41) is 10.4. The molecule has 1 aromatic rings. The van der Waals surface area contributed by atoms with Crippen molar-refractivity contribution in [2.24, 2.45) is 0 Å². The van der Waals surface area contributed by atoms with E-state index < -0.39 is 6.10 Å². The van der Waals surface area contributed by atoms with E-state index in [1.54, 1.807) is 6.92 Å². The molecule has 2 heterocycles. The molecule has 0 aliphatic carbocycles. The number of aliphatic hydroxyl groups excluding tert-OH is 1. The highest BCUT2D eigenvalue weighted by Gasteiger charge is 2.39. The summed E-state index contributed by atoms with van der Waals surface area (Å²) in [4.78, 5) is 16.2. The molecule has 0 radical (unpaired) electrons. The Morgan fingerprint density at radius 3 is 2.60 bits per heavy atom. The number of rotatable bonds is 6. The Balaban J connectivity index is 1.52. The fraction of sp³-hybridized carbons (Fsp3) is 0.650. The molecule has 1 aromatic carbocycles. The van der Waals surface area contributed by atoms with E-state index in [1.807, 2.05) is 36.1 Å². The Labute approximate surface area is 150 Å². The van der Waals surface area contributed by atoms with Crippen molar-refractivity contribution in [1.82, 2.24) is 9.80 Å². The van der Waals surface area contributed by atoms with E-state index in [-0.39, 0.29) is 5.91 Å². The van der Waals surface area contributed by atoms with Gasteiger partial charge in [0, 0.05) is 32.1 Å². The van der Waals surface area contributed by atoms with Crippen LogP contribution in [0.25, 0.3) is 0 Å². The molecule has 3 atom stereocenters. The van der Waals surface area contributed by atoms with Gasteiger partial charge in [-0.25, -0.2) is 0 Å². The van der Waals surface area contributed by atoms with Crippen LogP contribution in [0.15, 0.2) is 24.3 Å². The van der Waals surface area contributed by atoms with Crippen LogP contribution >= 0.6 is 0 Å². The second kappa shape index (κ2) is 8.19. The van der Waals surface area contributed by atoms with Crippen LogP contribution in [0.4, 0.5) is 0 Å². The summed E-state index contributed by atoms with van der Waals surface area (Å²) < 4.78 is 5.71. The average Bonchev–Trinajstić information content (AvgIpc) is 3.22. The molecule has 0 saturated carbocycles. The van der Waals surface area contributed by atoms with Crippen LogP contribution in [-0.4, -0.2) is 65.2 Å². The number of ether oxygens (including phenoxy) is 1. The molecule has 25 heavy (non-hydrogen) atoms. The number of hydrogen-bond acceptors (Lipinski definition) is 4. The van der Waals surface area contributed by atoms with Gasteiger partial charge >= 0.3 is 0 Å². The lowest BCUT2D eigenvalue weighted by Gasteiger charge is -2.35. The maximum atomic E-state index is 11.9. The fourth-order valence-corrected chi connectivity index (χ4v) is 4.25. The van der Waals surface area contributed by atoms with Crippen LogP contribution in [0, 0.1) is 6.92 Å². The Kier molecular flexibility index (Phi) is 5.97. The standard InChI is InChI=1S/C20H30N2O3/c1-15-7-9-18(10-8-15)25-14-17(24)13-21-11-3-5-19(21)20-6-4-12-22(20)16(2)23/h7-10,17,19-20,24H,3-6,11-14H2,1-2H3. The predicted octanol–water partition coefficient (Wildman–Crippen LogP) is 2.21. The summed E-state index contributed by atoms with van der Waals surface area (Å²) in [5.74, 6) is 0.971. The van der Waals surface area contributed by atoms with Crippen LogP contribution < -0.4 is 4.74 Å². The van der Waals surface area contributed by atoms with E-state index in [0.29, 0.717) is 25.2 Å². The van der Waals surface area contributed by atoms with E-state index >= 15 is 0 Å². The SMILES string of the molecule is CC(=O)N1CCCC1C1CCCN1CC(O)COc1ccc(C)cc1. The number of carbonyl (C=O) groups is 1. The van der Waals surface area contributed by atoms with Crippen LogP contribution in [0.5, 0.6) is 5.75 Å². The van der Waals surface area contributed by atoms with Crippen LogP contribution in [-0.2, 0) is 4.79 Å². The van der Waals surface area contributed by atoms with E-state index in [2.05, 4.69) is 4.90 Å². The lowest BCUT2D eigenvalue weighted by atomic mass is 10.0. The summed E-state index contributed by atoms with van der Waals surface area (Å²) in [6.45, 7) is 6.49. The smallest absolute Gasteiger partial charge is 0.219 e. The minimum absolute atomic E-state index is 0.178. The van der Waals surface area contributed by atoms with Gasteiger partial charge in [-0.05, 0) is 51.3 Å². The lowest BCUT2D eigenvalue weighted by Crippen LogP contribution is -2.49. The van der Waals surface area contributed by atoms with Crippen molar-refractivity contribution in [2.45, 2.75) is 57.7 Å². The van der Waals surface area contributed by atoms with Crippen molar-refractivity contribution < 1.29 is 14.6 Å². The summed E-state index contributed by atoms with van der Waals surface area (Å²) in [7, 11) is 0. The van der Waals surface area contributed by atoms with Gasteiger partial charge < -0.3 is 14.7 Å². The minimum Gasteiger partial charge on any atom is -0.491 e. The normalized spacial score (nSPS) is 25.3. The maximum Gasteiger partial charge on any atom is 0.219 e. The molecule has 2 aliphatic rings. The third-order valence-electron chi connectivity index (χ3n) is 5.47. The van der Waals surface area contributed by atoms with Gasteiger partial charge in [0.15, 0.2) is 0 Å². The predicted molar refractivity (Wildman–Crippen MR) is 97.7 cm³/mol. The van der Waals surface area contributed by atoms with Crippen molar-refractivity contribution >= 4 is 5.91 Å². The molecule has 3 unspecified atom stereocenters. The molecular weight excluding hydrogens is 316 g/mol. The Hall–Kier alpha value is -1.59. The van der Waals surface area contributed by atoms with Gasteiger partial charge in [-0.1, -0.05) is 17.7 Å². The monoisotopic (exact) mass is 346 g/mol. The van der Waals surface area contributed by atoms with Crippen molar-refractivity contribution in [1.29, 1.82) is 0 Å². The Morgan fingerprint density at radius 2 is 1.88 bits per heavy atom. The van der Waals surface area contributed by atoms with Crippen LogP contribution in [0.1, 0.15) is 38.2 Å². The third kappa shape index (κ3) is 4.53. The van der Waals surface area contributed by atoms with E-state index in [0.717, 1.165) is 44.5 Å². The van der Waals surface area contributed by atoms with Gasteiger partial charge in [-0.15, -0.1) is 0 Å². The van der Waals surface area contributed by atoms with Crippen LogP contribution in [0.2, 0.25) is 0 Å². The highest BCUT2D eigenvalue weighted by atomic mass is 16.5. The third-order valence-corrected chi connectivity index (χ3v) is 5.47. The number of β-amino-alcohol motifs (C(OH)–C–C–N with tert-alkyl or cyclic N) is 1. The van der Waals surface area contributed by atoms with Gasteiger partial charge in [-0.2, -0.15) is 0 Å². The van der Waals surface area contributed by atoms with Crippen molar-refractivity contribution in [2.75, 3.05) is 26.2 Å². The number of benzene rings is 1. The second-order valence-electron chi connectivity index (χ2n) is 7.40. The summed E-state index contributed by atoms with van der Waals surface area (Å²) in [6, 6.07) is 8.57. The van der Waals surface area contributed by atoms with Gasteiger partial charge in [-0.3, -0.25) is 9.69 Å². The molecule has 0 spiro atoms. The zero-order chi connectivity index (χ0) is 17.8. The molecule has 5 heteroatoms. The number of hydrogen-bond donors (Lipinski definition) is 1. The molecule has 3 rings (SSSR count). The van der Waals surface area contributed by atoms with Gasteiger partial charge in [0.2, 0.25) is 5.91 Å². The van der Waals surface area contributed by atoms with E-state index in [9.17, 15) is 9.90 Å². The Bertz CT molecular complexity index is 575. The first-order valence-electron chi connectivity index (χ1n) is 9.43. The number of aliphatic hydroxyl groups is 1. The molecule has 1 N–H and O–H groups in total. The molecule has 2 saturated heterocycles. The molecule has 138 valence electrons. The van der Waals surface area contributed by atoms with Crippen molar-refractivity contribution in [3.63, 3.8) is 0 Å². The number of aryl methyl sites for hydroxylation is 1. The highest BCUT2D eigenvalue weighted by molar-refractivity contribution is 5.74. The van der Waals surface area contributed by atoms with Crippen molar-refractivity contribution in [3.8, 4) is 5.75 Å². The number of carbonyl (C=O) groups excluding carboxylic acids is 1. The second-order valence-corrected chi connectivity index (χ2v) is 7.40. The Morgan fingerprint density at radius 1 is 1.20 bits per heavy atom. The minimum atomic E-state index is -0.519. The van der Waals surface area contributed by atoms with Gasteiger partial charge in [0.25, 0.3) is 0 Å². The molecule has 1 amide bonds. The number of amides is 1. The zero-order valence-corrected chi connectivity index (χ0v) is 15.4. The van der Waals surface area contributed by atoms with E-state index in [4.69, 9.17) is 4.74 Å². The summed E-state index contributed by atoms with van der Waals surface area (Å²) in [6.07, 6.45) is 3.90. The summed E-state index contributed by atoms with van der Waals surface area (Å²) >= 11 is 0. The number of likely N-dealkylation sites (tertiary alicyclic amines) is 2. The van der Waals surface area contributed by atoms with Gasteiger partial charge in [0.1, 0.15) is 18.5 Å². The first-order valence-corrected chi connectivity index (χ1v) is 9.43. The zero-order valence-electron chi connectivity index (χ0n) is 15.4. The molecule has 2 fully saturated rings. The lowest BCUT2D eigenvalue weighted by molar-refractivity contribution is -0.130. The maximum absolute atomic E-state index is 11.9. The highest BCUT2D eigenvalue weighted by Crippen LogP contribution is 2.30.